The molecular weight excluding hydrogens is 333 g/mol. The van der Waals surface area contributed by atoms with Gasteiger partial charge in [0, 0.05) is 18.0 Å². The zero-order valence-corrected chi connectivity index (χ0v) is 12.7. The van der Waals surface area contributed by atoms with Gasteiger partial charge in [-0.1, -0.05) is 0 Å². The van der Waals surface area contributed by atoms with Crippen molar-refractivity contribution in [1.82, 2.24) is 0 Å². The second-order valence-electron chi connectivity index (χ2n) is 5.88. The summed E-state index contributed by atoms with van der Waals surface area (Å²) < 4.78 is 69.1. The minimum atomic E-state index is -3.05. The van der Waals surface area contributed by atoms with Crippen LogP contribution in [0.1, 0.15) is 12.8 Å². The molecule has 0 aromatic heterocycles. The monoisotopic (exact) mass is 351 g/mol. The van der Waals surface area contributed by atoms with E-state index in [1.54, 1.807) is 0 Å². The molecule has 1 aliphatic carbocycles. The maximum Gasteiger partial charge on any atom is 0.282 e. The van der Waals surface area contributed by atoms with E-state index in [0.29, 0.717) is 5.69 Å². The Morgan fingerprint density at radius 2 is 1.79 bits per heavy atom. The van der Waals surface area contributed by atoms with Crippen LogP contribution in [0.4, 0.5) is 27.6 Å². The molecule has 1 heterocycles. The molecule has 4 nitrogen and oxygen atoms in total. The Labute approximate surface area is 135 Å². The van der Waals surface area contributed by atoms with Gasteiger partial charge in [0.1, 0.15) is 19.2 Å². The van der Waals surface area contributed by atoms with Gasteiger partial charge in [0.05, 0.1) is 12.5 Å². The lowest BCUT2D eigenvalue weighted by molar-refractivity contribution is -0.0530. The first-order chi connectivity index (χ1) is 11.2. The standard InChI is InChI=1S/C9H12F4N2O.C6H6FN/c10-2-6-5-1-9(12,13)3-8(5,4-11)16-7(14)15-6;7-5-1-3-6(8)4-2-5/h5-6H,1-4H2,(H2,14,15);1-4H,8H2. The molecule has 9 heteroatoms. The van der Waals surface area contributed by atoms with Gasteiger partial charge in [-0.2, -0.15) is 0 Å². The summed E-state index contributed by atoms with van der Waals surface area (Å²) in [7, 11) is 0. The first kappa shape index (κ1) is 18.3. The number of hydrogen-bond donors (Lipinski definition) is 2. The molecule has 0 bridgehead atoms. The Hall–Kier alpha value is -2.06. The molecule has 134 valence electrons. The topological polar surface area (TPSA) is 73.6 Å². The number of alkyl halides is 4. The summed E-state index contributed by atoms with van der Waals surface area (Å²) in [5.74, 6) is -4.26. The van der Waals surface area contributed by atoms with Gasteiger partial charge in [0.15, 0.2) is 5.60 Å². The first-order valence-corrected chi connectivity index (χ1v) is 7.24. The lowest BCUT2D eigenvalue weighted by Gasteiger charge is -2.38. The summed E-state index contributed by atoms with van der Waals surface area (Å²) in [5, 5.41) is 0. The summed E-state index contributed by atoms with van der Waals surface area (Å²) in [5.41, 5.74) is 9.40. The largest absolute Gasteiger partial charge is 0.455 e. The Morgan fingerprint density at radius 3 is 2.29 bits per heavy atom. The fourth-order valence-corrected chi connectivity index (χ4v) is 3.01. The minimum absolute atomic E-state index is 0.251. The number of hydrogen-bond acceptors (Lipinski definition) is 4. The summed E-state index contributed by atoms with van der Waals surface area (Å²) in [4.78, 5) is 3.60. The number of nitrogens with two attached hydrogens (primary N) is 2. The van der Waals surface area contributed by atoms with E-state index in [4.69, 9.17) is 16.2 Å². The van der Waals surface area contributed by atoms with E-state index in [2.05, 4.69) is 4.99 Å². The van der Waals surface area contributed by atoms with Crippen molar-refractivity contribution in [2.24, 2.45) is 16.6 Å². The maximum absolute atomic E-state index is 13.3. The molecule has 2 aliphatic rings. The zero-order valence-electron chi connectivity index (χ0n) is 12.7. The highest BCUT2D eigenvalue weighted by Crippen LogP contribution is 2.51. The summed E-state index contributed by atoms with van der Waals surface area (Å²) in [6.07, 6.45) is -1.38. The van der Waals surface area contributed by atoms with Gasteiger partial charge in [0.25, 0.3) is 11.9 Å². The normalized spacial score (nSPS) is 30.5. The second-order valence-corrected chi connectivity index (χ2v) is 5.88. The van der Waals surface area contributed by atoms with Crippen LogP contribution < -0.4 is 11.5 Å². The maximum atomic E-state index is 13.3. The van der Waals surface area contributed by atoms with Gasteiger partial charge in [-0.15, -0.1) is 0 Å². The van der Waals surface area contributed by atoms with Gasteiger partial charge in [0.2, 0.25) is 0 Å². The molecule has 3 rings (SSSR count). The minimum Gasteiger partial charge on any atom is -0.455 e. The van der Waals surface area contributed by atoms with Crippen molar-refractivity contribution in [2.75, 3.05) is 19.1 Å². The Morgan fingerprint density at radius 1 is 1.17 bits per heavy atom. The highest BCUT2D eigenvalue weighted by molar-refractivity contribution is 5.73. The molecule has 3 atom stereocenters. The molecule has 0 spiro atoms. The van der Waals surface area contributed by atoms with Gasteiger partial charge >= 0.3 is 0 Å². The van der Waals surface area contributed by atoms with Crippen LogP contribution in [-0.2, 0) is 4.74 Å². The number of ether oxygens (including phenoxy) is 1. The Bertz CT molecular complexity index is 574. The van der Waals surface area contributed by atoms with Crippen molar-refractivity contribution >= 4 is 11.7 Å². The zero-order chi connectivity index (χ0) is 18.0. The fourth-order valence-electron chi connectivity index (χ4n) is 3.01. The van der Waals surface area contributed by atoms with Crippen LogP contribution in [-0.4, -0.2) is 36.9 Å². The van der Waals surface area contributed by atoms with E-state index in [9.17, 15) is 22.0 Å². The summed E-state index contributed by atoms with van der Waals surface area (Å²) >= 11 is 0. The first-order valence-electron chi connectivity index (χ1n) is 7.24. The van der Waals surface area contributed by atoms with Crippen LogP contribution in [0.25, 0.3) is 0 Å². The van der Waals surface area contributed by atoms with Crippen molar-refractivity contribution in [2.45, 2.75) is 30.4 Å². The van der Waals surface area contributed by atoms with E-state index in [1.807, 2.05) is 0 Å². The number of halogens is 5. The van der Waals surface area contributed by atoms with Crippen molar-refractivity contribution in [3.8, 4) is 0 Å². The number of anilines is 1. The van der Waals surface area contributed by atoms with Crippen molar-refractivity contribution < 1.29 is 26.7 Å². The third-order valence-electron chi connectivity index (χ3n) is 4.07. The third kappa shape index (κ3) is 3.88. The lowest BCUT2D eigenvalue weighted by atomic mass is 9.85. The van der Waals surface area contributed by atoms with Crippen LogP contribution in [0.5, 0.6) is 0 Å². The molecule has 1 aromatic rings. The number of nitrogens with zero attached hydrogens (tertiary/aromatic N) is 1. The summed E-state index contributed by atoms with van der Waals surface area (Å²) in [6, 6.07) is 4.27. The molecule has 1 saturated carbocycles. The van der Waals surface area contributed by atoms with Gasteiger partial charge < -0.3 is 16.2 Å². The summed E-state index contributed by atoms with van der Waals surface area (Å²) in [6.45, 7) is -2.05. The molecular formula is C15H18F5N3O. The van der Waals surface area contributed by atoms with E-state index in [1.165, 1.54) is 24.3 Å². The third-order valence-corrected chi connectivity index (χ3v) is 4.07. The number of rotatable bonds is 2. The quantitative estimate of drug-likeness (QED) is 0.636. The number of benzene rings is 1. The van der Waals surface area contributed by atoms with Crippen LogP contribution >= 0.6 is 0 Å². The number of nitrogen functional groups attached to an aromatic ring is 1. The van der Waals surface area contributed by atoms with E-state index in [-0.39, 0.29) is 5.82 Å². The van der Waals surface area contributed by atoms with Crippen molar-refractivity contribution in [3.63, 3.8) is 0 Å². The predicted octanol–water partition coefficient (Wildman–Crippen LogP) is 2.83. The fraction of sp³-hybridized carbons (Fsp3) is 0.533. The van der Waals surface area contributed by atoms with Crippen LogP contribution in [0, 0.1) is 11.7 Å². The number of fused-ring (bicyclic) bond motifs is 1. The molecule has 1 aliphatic heterocycles. The molecule has 24 heavy (non-hydrogen) atoms. The highest BCUT2D eigenvalue weighted by Gasteiger charge is 2.62. The average Bonchev–Trinajstić information content (AvgIpc) is 2.80. The molecule has 1 fully saturated rings. The Kier molecular flexibility index (Phi) is 5.19. The number of aliphatic imine (C=N–C) groups is 1. The molecule has 0 radical (unpaired) electrons. The van der Waals surface area contributed by atoms with Crippen molar-refractivity contribution in [1.29, 1.82) is 0 Å². The smallest absolute Gasteiger partial charge is 0.282 e. The van der Waals surface area contributed by atoms with E-state index < -0.39 is 55.7 Å². The van der Waals surface area contributed by atoms with Gasteiger partial charge in [-0.3, -0.25) is 0 Å². The molecule has 3 unspecified atom stereocenters. The highest BCUT2D eigenvalue weighted by atomic mass is 19.3. The molecule has 0 saturated heterocycles. The molecule has 0 amide bonds. The SMILES string of the molecule is NC1=NC(CF)C2CC(F)(F)CC2(CF)O1.Nc1ccc(F)cc1. The van der Waals surface area contributed by atoms with Gasteiger partial charge in [-0.05, 0) is 24.3 Å². The van der Waals surface area contributed by atoms with E-state index in [0.717, 1.165) is 0 Å². The molecule has 1 aromatic carbocycles. The average molecular weight is 351 g/mol. The predicted molar refractivity (Wildman–Crippen MR) is 79.7 cm³/mol. The van der Waals surface area contributed by atoms with Crippen LogP contribution in [0.15, 0.2) is 29.3 Å². The molecule has 4 N–H and O–H groups in total. The van der Waals surface area contributed by atoms with E-state index >= 15 is 0 Å². The lowest BCUT2D eigenvalue weighted by Crippen LogP contribution is -2.51. The van der Waals surface area contributed by atoms with Crippen molar-refractivity contribution in [3.05, 3.63) is 30.1 Å². The van der Waals surface area contributed by atoms with Gasteiger partial charge in [-0.25, -0.2) is 26.9 Å². The Balaban J connectivity index is 0.000000219. The van der Waals surface area contributed by atoms with Crippen LogP contribution in [0.2, 0.25) is 0 Å². The second kappa shape index (κ2) is 6.82. The van der Waals surface area contributed by atoms with Crippen LogP contribution in [0.3, 0.4) is 0 Å². The number of amidine groups is 1.